The molecule has 1 atom stereocenters. The molecule has 0 amide bonds. The van der Waals surface area contributed by atoms with Gasteiger partial charge in [-0.05, 0) is 42.5 Å². The predicted octanol–water partition coefficient (Wildman–Crippen LogP) is 5.01. The number of aliphatic hydroxyl groups excluding tert-OH is 1. The predicted molar refractivity (Wildman–Crippen MR) is 96.5 cm³/mol. The van der Waals surface area contributed by atoms with Crippen molar-refractivity contribution < 1.29 is 14.6 Å². The maximum atomic E-state index is 11.4. The van der Waals surface area contributed by atoms with Gasteiger partial charge in [0.1, 0.15) is 6.10 Å². The van der Waals surface area contributed by atoms with E-state index in [2.05, 4.69) is 12.6 Å². The molecular weight excluding hydrogens is 300 g/mol. The molecule has 124 valence electrons. The summed E-state index contributed by atoms with van der Waals surface area (Å²) in [6.45, 7) is 5.25. The molecule has 2 aromatic rings. The monoisotopic (exact) mass is 322 g/mol. The highest BCUT2D eigenvalue weighted by Gasteiger charge is 2.25. The quantitative estimate of drug-likeness (QED) is 0.491. The van der Waals surface area contributed by atoms with Gasteiger partial charge in [0.15, 0.2) is 0 Å². The van der Waals surface area contributed by atoms with Gasteiger partial charge >= 0.3 is 5.97 Å². The number of aliphatic hydroxyl groups is 1. The summed E-state index contributed by atoms with van der Waals surface area (Å²) in [5.74, 6) is -0.295. The molecule has 0 aliphatic heterocycles. The van der Waals surface area contributed by atoms with Crippen molar-refractivity contribution in [3.8, 4) is 0 Å². The average molecular weight is 322 g/mol. The first-order chi connectivity index (χ1) is 11.6. The molecule has 3 nitrogen and oxygen atoms in total. The van der Waals surface area contributed by atoms with Crippen LogP contribution in [0.1, 0.15) is 36.1 Å². The fourth-order valence-electron chi connectivity index (χ4n) is 2.52. The van der Waals surface area contributed by atoms with Crippen LogP contribution in [0.4, 0.5) is 0 Å². The first-order valence-electron chi connectivity index (χ1n) is 7.92. The highest BCUT2D eigenvalue weighted by Crippen LogP contribution is 2.33. The van der Waals surface area contributed by atoms with Crippen LogP contribution in [0.15, 0.2) is 73.0 Å². The lowest BCUT2D eigenvalue weighted by molar-refractivity contribution is -0.144. The van der Waals surface area contributed by atoms with Gasteiger partial charge < -0.3 is 9.84 Å². The van der Waals surface area contributed by atoms with Crippen LogP contribution in [-0.2, 0) is 16.0 Å². The van der Waals surface area contributed by atoms with E-state index in [0.717, 1.165) is 30.2 Å². The number of fused-ring (bicyclic) bond motifs is 1. The number of hydrogen-bond donors (Lipinski definition) is 1. The van der Waals surface area contributed by atoms with E-state index >= 15 is 0 Å². The molecule has 0 spiro atoms. The van der Waals surface area contributed by atoms with Crippen LogP contribution in [0.2, 0.25) is 0 Å². The van der Waals surface area contributed by atoms with Crippen LogP contribution >= 0.6 is 0 Å². The molecule has 1 aliphatic rings. The Labute approximate surface area is 142 Å². The van der Waals surface area contributed by atoms with E-state index in [9.17, 15) is 4.79 Å². The fourth-order valence-corrected chi connectivity index (χ4v) is 2.52. The van der Waals surface area contributed by atoms with Crippen molar-refractivity contribution in [1.29, 1.82) is 0 Å². The van der Waals surface area contributed by atoms with Crippen molar-refractivity contribution in [3.63, 3.8) is 0 Å². The summed E-state index contributed by atoms with van der Waals surface area (Å²) in [6.07, 6.45) is 4.48. The number of hydrogen-bond acceptors (Lipinski definition) is 3. The second kappa shape index (κ2) is 8.73. The molecule has 0 radical (unpaired) electrons. The van der Waals surface area contributed by atoms with Crippen LogP contribution in [0, 0.1) is 0 Å². The number of aryl methyl sites for hydroxylation is 1. The van der Waals surface area contributed by atoms with Crippen molar-refractivity contribution in [3.05, 3.63) is 89.7 Å². The van der Waals surface area contributed by atoms with Crippen molar-refractivity contribution in [1.82, 2.24) is 0 Å². The van der Waals surface area contributed by atoms with Crippen LogP contribution in [0.3, 0.4) is 0 Å². The van der Waals surface area contributed by atoms with Crippen LogP contribution in [0.5, 0.6) is 0 Å². The summed E-state index contributed by atoms with van der Waals surface area (Å²) in [5.41, 5.74) is 3.91. The molecule has 24 heavy (non-hydrogen) atoms. The third kappa shape index (κ3) is 4.85. The van der Waals surface area contributed by atoms with Crippen LogP contribution in [-0.4, -0.2) is 11.1 Å². The van der Waals surface area contributed by atoms with Crippen molar-refractivity contribution in [2.75, 3.05) is 0 Å². The Morgan fingerprint density at radius 2 is 1.83 bits per heavy atom. The summed E-state index contributed by atoms with van der Waals surface area (Å²) in [6, 6.07) is 17.7. The van der Waals surface area contributed by atoms with E-state index in [0.29, 0.717) is 5.57 Å². The number of benzene rings is 2. The van der Waals surface area contributed by atoms with E-state index in [4.69, 9.17) is 9.84 Å². The molecule has 0 heterocycles. The molecule has 0 saturated carbocycles. The number of ether oxygens (including phenoxy) is 1. The first-order valence-corrected chi connectivity index (χ1v) is 7.92. The normalized spacial score (nSPS) is 15.3. The molecule has 0 fully saturated rings. The maximum Gasteiger partial charge on any atom is 0.333 e. The van der Waals surface area contributed by atoms with E-state index in [1.54, 1.807) is 13.0 Å². The fraction of sp³-hybridized carbons (Fsp3) is 0.190. The van der Waals surface area contributed by atoms with Crippen molar-refractivity contribution >= 4 is 12.0 Å². The van der Waals surface area contributed by atoms with Gasteiger partial charge in [0.25, 0.3) is 0 Å². The van der Waals surface area contributed by atoms with Crippen LogP contribution in [0.25, 0.3) is 6.08 Å². The number of rotatable bonds is 3. The average Bonchev–Trinajstić information content (AvgIpc) is 3.00. The smallest absolute Gasteiger partial charge is 0.333 e. The van der Waals surface area contributed by atoms with E-state index in [1.165, 1.54) is 5.56 Å². The zero-order valence-corrected chi connectivity index (χ0v) is 13.8. The Morgan fingerprint density at radius 1 is 1.17 bits per heavy atom. The Balaban J connectivity index is 0.000000198. The zero-order chi connectivity index (χ0) is 17.4. The van der Waals surface area contributed by atoms with E-state index in [1.807, 2.05) is 48.5 Å². The number of carbonyl (C=O) groups excluding carboxylic acids is 1. The molecule has 0 saturated heterocycles. The topological polar surface area (TPSA) is 46.5 Å². The Hall–Kier alpha value is -2.81. The lowest BCUT2D eigenvalue weighted by Crippen LogP contribution is -2.09. The van der Waals surface area contributed by atoms with Crippen molar-refractivity contribution in [2.24, 2.45) is 0 Å². The molecule has 3 heteroatoms. The second-order valence-corrected chi connectivity index (χ2v) is 5.64. The summed E-state index contributed by atoms with van der Waals surface area (Å²) in [7, 11) is 0. The lowest BCUT2D eigenvalue weighted by Gasteiger charge is -2.12. The molecular formula is C21H22O3. The van der Waals surface area contributed by atoms with Gasteiger partial charge in [-0.15, -0.1) is 0 Å². The van der Waals surface area contributed by atoms with Crippen molar-refractivity contribution in [2.45, 2.75) is 25.9 Å². The highest BCUT2D eigenvalue weighted by atomic mass is 16.5. The molecule has 1 aliphatic carbocycles. The zero-order valence-electron chi connectivity index (χ0n) is 13.8. The Morgan fingerprint density at radius 3 is 2.50 bits per heavy atom. The molecule has 1 unspecified atom stereocenters. The largest absolute Gasteiger partial charge is 0.516 e. The summed E-state index contributed by atoms with van der Waals surface area (Å²) >= 11 is 0. The summed E-state index contributed by atoms with van der Waals surface area (Å²) in [5, 5.41) is 8.34. The third-order valence-corrected chi connectivity index (χ3v) is 3.74. The number of carbonyl (C=O) groups is 1. The van der Waals surface area contributed by atoms with E-state index < -0.39 is 0 Å². The minimum atomic E-state index is -0.295. The molecule has 3 rings (SSSR count). The van der Waals surface area contributed by atoms with Gasteiger partial charge in [-0.2, -0.15) is 0 Å². The SMILES string of the molecule is C=C(C)C(=O)OC1CCc2ccccc21.OC=Cc1ccccc1. The summed E-state index contributed by atoms with van der Waals surface area (Å²) < 4.78 is 5.36. The first kappa shape index (κ1) is 17.5. The highest BCUT2D eigenvalue weighted by molar-refractivity contribution is 5.87. The molecule has 0 bridgehead atoms. The van der Waals surface area contributed by atoms with Gasteiger partial charge in [0.2, 0.25) is 0 Å². The van der Waals surface area contributed by atoms with Gasteiger partial charge in [0, 0.05) is 5.57 Å². The third-order valence-electron chi connectivity index (χ3n) is 3.74. The Kier molecular flexibility index (Phi) is 6.38. The van der Waals surface area contributed by atoms with Gasteiger partial charge in [0.05, 0.1) is 6.26 Å². The second-order valence-electron chi connectivity index (χ2n) is 5.64. The summed E-state index contributed by atoms with van der Waals surface area (Å²) in [4.78, 5) is 11.4. The van der Waals surface area contributed by atoms with Crippen LogP contribution < -0.4 is 0 Å². The maximum absolute atomic E-state index is 11.4. The number of esters is 1. The minimum Gasteiger partial charge on any atom is -0.516 e. The Bertz CT molecular complexity index is 717. The van der Waals surface area contributed by atoms with Gasteiger partial charge in [-0.3, -0.25) is 0 Å². The minimum absolute atomic E-state index is 0.0783. The molecule has 0 aromatic heterocycles. The molecule has 2 aromatic carbocycles. The molecule has 1 N–H and O–H groups in total. The van der Waals surface area contributed by atoms with Gasteiger partial charge in [-0.25, -0.2) is 4.79 Å². The lowest BCUT2D eigenvalue weighted by atomic mass is 10.1. The van der Waals surface area contributed by atoms with E-state index in [-0.39, 0.29) is 12.1 Å². The standard InChI is InChI=1S/C13H14O2.C8H8O/c1-9(2)13(14)15-12-8-7-10-5-3-4-6-11(10)12;9-7-6-8-4-2-1-3-5-8/h3-6,12H,1,7-8H2,2H3;1-7,9H. The van der Waals surface area contributed by atoms with Gasteiger partial charge in [-0.1, -0.05) is 61.2 Å².